The molecule has 0 fully saturated rings. The number of alkyl carbamates (subject to hydrolysis) is 1. The van der Waals surface area contributed by atoms with Crippen LogP contribution in [-0.2, 0) is 15.9 Å². The van der Waals surface area contributed by atoms with E-state index < -0.39 is 19.5 Å². The molecule has 0 aliphatic carbocycles. The van der Waals surface area contributed by atoms with Crippen LogP contribution in [0.1, 0.15) is 16.9 Å². The first-order chi connectivity index (χ1) is 12.3. The molecule has 0 saturated carbocycles. The number of hydrogen-bond acceptors (Lipinski definition) is 5. The molecule has 1 atom stereocenters. The van der Waals surface area contributed by atoms with Gasteiger partial charge in [0.15, 0.2) is 5.78 Å². The maximum absolute atomic E-state index is 12.0. The largest absolute Gasteiger partial charge is 0.497 e. The van der Waals surface area contributed by atoms with E-state index in [1.54, 1.807) is 30.3 Å². The van der Waals surface area contributed by atoms with Gasteiger partial charge in [0.05, 0.1) is 14.2 Å². The lowest BCUT2D eigenvalue weighted by Crippen LogP contribution is -2.29. The van der Waals surface area contributed by atoms with Crippen molar-refractivity contribution in [3.63, 3.8) is 0 Å². The van der Waals surface area contributed by atoms with Crippen molar-refractivity contribution in [2.75, 3.05) is 14.2 Å². The molecule has 9 heteroatoms. The third-order valence-corrected chi connectivity index (χ3v) is 4.59. The maximum Gasteiger partial charge on any atom is 0.408 e. The summed E-state index contributed by atoms with van der Waals surface area (Å²) >= 11 is 0. The molecule has 0 saturated heterocycles. The summed E-state index contributed by atoms with van der Waals surface area (Å²) in [5.74, 6) is -0.940. The van der Waals surface area contributed by atoms with E-state index in [-0.39, 0.29) is 12.2 Å². The molecule has 140 valence electrons. The molecule has 3 N–H and O–H groups in total. The van der Waals surface area contributed by atoms with Crippen LogP contribution in [0.15, 0.2) is 48.5 Å². The zero-order valence-corrected chi connectivity index (χ0v) is 15.2. The van der Waals surface area contributed by atoms with Crippen LogP contribution in [0.2, 0.25) is 0 Å². The average Bonchev–Trinajstić information content (AvgIpc) is 2.63. The van der Waals surface area contributed by atoms with Crippen LogP contribution >= 0.6 is 7.60 Å². The minimum atomic E-state index is -4.73. The molecule has 0 aromatic heterocycles. The fourth-order valence-corrected chi connectivity index (χ4v) is 3.04. The second-order valence-electron chi connectivity index (χ2n) is 5.34. The quantitative estimate of drug-likeness (QED) is 0.632. The highest BCUT2D eigenvalue weighted by Crippen LogP contribution is 2.51. The predicted octanol–water partition coefficient (Wildman–Crippen LogP) is 2.81. The molecule has 2 aromatic rings. The van der Waals surface area contributed by atoms with Crippen LogP contribution < -0.4 is 14.8 Å². The number of hydrogen-bond donors (Lipinski definition) is 3. The van der Waals surface area contributed by atoms with Gasteiger partial charge in [-0.05, 0) is 23.3 Å². The van der Waals surface area contributed by atoms with Crippen molar-refractivity contribution in [1.82, 2.24) is 5.32 Å². The smallest absolute Gasteiger partial charge is 0.408 e. The number of carbonyl (C=O) groups is 1. The summed E-state index contributed by atoms with van der Waals surface area (Å²) in [4.78, 5) is 31.3. The molecule has 0 heterocycles. The second kappa shape index (κ2) is 8.71. The Bertz CT molecular complexity index is 769. The van der Waals surface area contributed by atoms with Gasteiger partial charge < -0.3 is 29.3 Å². The van der Waals surface area contributed by atoms with Gasteiger partial charge in [-0.3, -0.25) is 4.57 Å². The Morgan fingerprint density at radius 1 is 1.08 bits per heavy atom. The minimum Gasteiger partial charge on any atom is -0.497 e. The molecule has 0 bridgehead atoms. The van der Waals surface area contributed by atoms with Crippen LogP contribution in [0.3, 0.4) is 0 Å². The normalized spacial score (nSPS) is 12.2. The first kappa shape index (κ1) is 19.8. The summed E-state index contributed by atoms with van der Waals surface area (Å²) in [6.07, 6.45) is -0.955. The van der Waals surface area contributed by atoms with Gasteiger partial charge in [0.2, 0.25) is 0 Å². The highest BCUT2D eigenvalue weighted by molar-refractivity contribution is 7.52. The molecular formula is C17H20NO7P. The Kier molecular flexibility index (Phi) is 6.63. The van der Waals surface area contributed by atoms with E-state index in [2.05, 4.69) is 5.32 Å². The van der Waals surface area contributed by atoms with Crippen molar-refractivity contribution in [1.29, 1.82) is 0 Å². The second-order valence-corrected chi connectivity index (χ2v) is 7.04. The molecule has 8 nitrogen and oxygen atoms in total. The Morgan fingerprint density at radius 3 is 2.15 bits per heavy atom. The van der Waals surface area contributed by atoms with Crippen molar-refractivity contribution < 1.29 is 33.4 Å². The molecule has 1 amide bonds. The van der Waals surface area contributed by atoms with Gasteiger partial charge in [-0.25, -0.2) is 4.79 Å². The number of rotatable bonds is 7. The average molecular weight is 381 g/mol. The lowest BCUT2D eigenvalue weighted by Gasteiger charge is -2.21. The zero-order valence-electron chi connectivity index (χ0n) is 14.3. The highest BCUT2D eigenvalue weighted by Gasteiger charge is 2.33. The summed E-state index contributed by atoms with van der Waals surface area (Å²) in [5, 5.41) is 2.21. The maximum atomic E-state index is 12.0. The van der Waals surface area contributed by atoms with E-state index in [1.807, 2.05) is 6.07 Å². The number of nitrogens with one attached hydrogen (secondary N) is 1. The monoisotopic (exact) mass is 381 g/mol. The fraction of sp³-hybridized carbons (Fsp3) is 0.235. The molecule has 2 aromatic carbocycles. The number of amides is 1. The molecule has 2 rings (SSSR count). The van der Waals surface area contributed by atoms with Gasteiger partial charge in [0.1, 0.15) is 18.1 Å². The van der Waals surface area contributed by atoms with Crippen LogP contribution in [0.4, 0.5) is 4.79 Å². The molecule has 0 aliphatic heterocycles. The van der Waals surface area contributed by atoms with E-state index in [1.165, 1.54) is 26.4 Å². The standard InChI is InChI=1S/C17H20NO7P/c1-23-14-8-13(9-15(10-14)24-2)16(26(20,21)22)18-17(19)25-11-12-6-4-3-5-7-12/h3-10,16H,11H2,1-2H3,(H,18,19)(H2,20,21,22). The number of methoxy groups -OCH3 is 2. The van der Waals surface area contributed by atoms with Crippen molar-refractivity contribution >= 4 is 13.7 Å². The Hall–Kier alpha value is -2.54. The lowest BCUT2D eigenvalue weighted by molar-refractivity contribution is 0.137. The van der Waals surface area contributed by atoms with E-state index in [9.17, 15) is 19.1 Å². The van der Waals surface area contributed by atoms with Crippen molar-refractivity contribution in [3.8, 4) is 11.5 Å². The van der Waals surface area contributed by atoms with E-state index in [0.29, 0.717) is 11.5 Å². The fourth-order valence-electron chi connectivity index (χ4n) is 2.23. The van der Waals surface area contributed by atoms with Gasteiger partial charge in [0.25, 0.3) is 0 Å². The van der Waals surface area contributed by atoms with Gasteiger partial charge >= 0.3 is 13.7 Å². The van der Waals surface area contributed by atoms with Crippen LogP contribution in [0.5, 0.6) is 11.5 Å². The zero-order chi connectivity index (χ0) is 19.2. The first-order valence-corrected chi connectivity index (χ1v) is 9.27. The third kappa shape index (κ3) is 5.49. The third-order valence-electron chi connectivity index (χ3n) is 3.49. The number of carbonyl (C=O) groups excluding carboxylic acids is 1. The molecule has 26 heavy (non-hydrogen) atoms. The van der Waals surface area contributed by atoms with E-state index >= 15 is 0 Å². The van der Waals surface area contributed by atoms with Gasteiger partial charge in [-0.1, -0.05) is 30.3 Å². The summed E-state index contributed by atoms with van der Waals surface area (Å²) in [6, 6.07) is 13.3. The summed E-state index contributed by atoms with van der Waals surface area (Å²) in [6.45, 7) is -0.0258. The van der Waals surface area contributed by atoms with Crippen LogP contribution in [0.25, 0.3) is 0 Å². The lowest BCUT2D eigenvalue weighted by atomic mass is 10.2. The van der Waals surface area contributed by atoms with Gasteiger partial charge in [0, 0.05) is 6.07 Å². The van der Waals surface area contributed by atoms with Crippen molar-refractivity contribution in [2.45, 2.75) is 12.4 Å². The summed E-state index contributed by atoms with van der Waals surface area (Å²) < 4.78 is 27.1. The number of ether oxygens (including phenoxy) is 3. The van der Waals surface area contributed by atoms with Crippen molar-refractivity contribution in [2.24, 2.45) is 0 Å². The van der Waals surface area contributed by atoms with Gasteiger partial charge in [-0.2, -0.15) is 0 Å². The van der Waals surface area contributed by atoms with E-state index in [0.717, 1.165) is 5.56 Å². The van der Waals surface area contributed by atoms with Crippen molar-refractivity contribution in [3.05, 3.63) is 59.7 Å². The first-order valence-electron chi connectivity index (χ1n) is 7.59. The Labute approximate surface area is 150 Å². The minimum absolute atomic E-state index is 0.0258. The van der Waals surface area contributed by atoms with E-state index in [4.69, 9.17) is 14.2 Å². The predicted molar refractivity (Wildman–Crippen MR) is 94.1 cm³/mol. The highest BCUT2D eigenvalue weighted by atomic mass is 31.2. The summed E-state index contributed by atoms with van der Waals surface area (Å²) in [5.41, 5.74) is 0.879. The molecule has 0 spiro atoms. The molecule has 0 aliphatic rings. The summed E-state index contributed by atoms with van der Waals surface area (Å²) in [7, 11) is -1.91. The Balaban J connectivity index is 2.18. The SMILES string of the molecule is COc1cc(OC)cc(C(NC(=O)OCc2ccccc2)P(=O)(O)O)c1. The van der Waals surface area contributed by atoms with Gasteiger partial charge in [-0.15, -0.1) is 0 Å². The van der Waals surface area contributed by atoms with Crippen LogP contribution in [0, 0.1) is 0 Å². The molecular weight excluding hydrogens is 361 g/mol. The topological polar surface area (TPSA) is 114 Å². The molecule has 1 unspecified atom stereocenters. The molecule has 0 radical (unpaired) electrons. The van der Waals surface area contributed by atoms with Crippen LogP contribution in [-0.4, -0.2) is 30.1 Å². The number of benzene rings is 2. The Morgan fingerprint density at radius 2 is 1.65 bits per heavy atom.